The number of sulfonamides is 1. The van der Waals surface area contributed by atoms with Crippen LogP contribution in [-0.4, -0.2) is 43.8 Å². The zero-order chi connectivity index (χ0) is 21.9. The number of nitrogens with one attached hydrogen (secondary N) is 1. The topological polar surface area (TPSA) is 92.8 Å². The maximum atomic E-state index is 13.6. The Morgan fingerprint density at radius 3 is 2.57 bits per heavy atom. The third-order valence-corrected chi connectivity index (χ3v) is 8.25. The molecule has 1 N–H and O–H groups in total. The second-order valence-electron chi connectivity index (χ2n) is 7.14. The lowest BCUT2D eigenvalue weighted by Gasteiger charge is -2.30. The molecule has 7 nitrogen and oxygen atoms in total. The van der Waals surface area contributed by atoms with Crippen molar-refractivity contribution in [3.8, 4) is 0 Å². The summed E-state index contributed by atoms with van der Waals surface area (Å²) in [5.41, 5.74) is 0.734. The number of esters is 1. The number of anilines is 1. The summed E-state index contributed by atoms with van der Waals surface area (Å²) < 4.78 is 45.6. The number of piperidine rings is 1. The van der Waals surface area contributed by atoms with Crippen LogP contribution in [0.15, 0.2) is 39.9 Å². The van der Waals surface area contributed by atoms with E-state index in [0.717, 1.165) is 11.3 Å². The maximum Gasteiger partial charge on any atom is 0.309 e. The first kappa shape index (κ1) is 22.4. The molecule has 0 radical (unpaired) electrons. The minimum Gasteiger partial charge on any atom is -0.452 e. The Balaban J connectivity index is 1.51. The number of thiophene rings is 1. The van der Waals surface area contributed by atoms with E-state index in [1.807, 2.05) is 0 Å². The largest absolute Gasteiger partial charge is 0.452 e. The first-order chi connectivity index (χ1) is 14.2. The van der Waals surface area contributed by atoms with Gasteiger partial charge < -0.3 is 10.1 Å². The predicted molar refractivity (Wildman–Crippen MR) is 111 cm³/mol. The molecule has 1 aliphatic rings. The molecule has 0 bridgehead atoms. The van der Waals surface area contributed by atoms with Crippen LogP contribution in [-0.2, 0) is 24.3 Å². The molecular weight excluding hydrogens is 431 g/mol. The van der Waals surface area contributed by atoms with Crippen LogP contribution >= 0.6 is 11.3 Å². The van der Waals surface area contributed by atoms with Crippen molar-refractivity contribution >= 4 is 38.9 Å². The minimum absolute atomic E-state index is 0.212. The minimum atomic E-state index is -3.54. The zero-order valence-electron chi connectivity index (χ0n) is 16.6. The van der Waals surface area contributed by atoms with Crippen LogP contribution < -0.4 is 5.32 Å². The molecule has 1 aliphatic heterocycles. The average molecular weight is 455 g/mol. The number of carbonyl (C=O) groups excluding carboxylic acids is 2. The highest BCUT2D eigenvalue weighted by atomic mass is 32.2. The SMILES string of the molecule is Cc1ccc(NC(=O)C(C)OC(=O)C2CCN(S(=O)(=O)c3cccs3)CC2)cc1F. The molecule has 1 atom stereocenters. The lowest BCUT2D eigenvalue weighted by molar-refractivity contribution is -0.158. The summed E-state index contributed by atoms with van der Waals surface area (Å²) >= 11 is 1.16. The standard InChI is InChI=1S/C20H23FN2O5S2/c1-13-5-6-16(12-17(13)21)22-19(24)14(2)28-20(25)15-7-9-23(10-8-15)30(26,27)18-4-3-11-29-18/h3-6,11-12,14-15H,7-10H2,1-2H3,(H,22,24). The number of nitrogens with zero attached hydrogens (tertiary/aromatic N) is 1. The number of hydrogen-bond donors (Lipinski definition) is 1. The molecule has 0 aliphatic carbocycles. The van der Waals surface area contributed by atoms with Crippen molar-refractivity contribution in [1.29, 1.82) is 0 Å². The molecule has 10 heteroatoms. The number of hydrogen-bond acceptors (Lipinski definition) is 6. The molecule has 1 unspecified atom stereocenters. The first-order valence-corrected chi connectivity index (χ1v) is 11.8. The second-order valence-corrected chi connectivity index (χ2v) is 10.3. The summed E-state index contributed by atoms with van der Waals surface area (Å²) in [6, 6.07) is 7.54. The van der Waals surface area contributed by atoms with Crippen molar-refractivity contribution in [2.24, 2.45) is 5.92 Å². The van der Waals surface area contributed by atoms with Crippen molar-refractivity contribution in [3.63, 3.8) is 0 Å². The smallest absolute Gasteiger partial charge is 0.309 e. The molecule has 30 heavy (non-hydrogen) atoms. The van der Waals surface area contributed by atoms with Crippen LogP contribution in [0.5, 0.6) is 0 Å². The predicted octanol–water partition coefficient (Wildman–Crippen LogP) is 3.17. The number of halogens is 1. The van der Waals surface area contributed by atoms with Gasteiger partial charge in [0.25, 0.3) is 15.9 Å². The number of benzene rings is 1. The van der Waals surface area contributed by atoms with E-state index in [1.54, 1.807) is 36.6 Å². The van der Waals surface area contributed by atoms with Crippen LogP contribution in [0.4, 0.5) is 10.1 Å². The molecule has 1 aromatic heterocycles. The van der Waals surface area contributed by atoms with Gasteiger partial charge >= 0.3 is 5.97 Å². The molecular formula is C20H23FN2O5S2. The Bertz CT molecular complexity index is 1020. The highest BCUT2D eigenvalue weighted by Crippen LogP contribution is 2.27. The van der Waals surface area contributed by atoms with Gasteiger partial charge in [-0.3, -0.25) is 9.59 Å². The average Bonchev–Trinajstić information content (AvgIpc) is 3.26. The summed E-state index contributed by atoms with van der Waals surface area (Å²) in [5.74, 6) is -2.03. The van der Waals surface area contributed by atoms with E-state index >= 15 is 0 Å². The lowest BCUT2D eigenvalue weighted by Crippen LogP contribution is -2.41. The lowest BCUT2D eigenvalue weighted by atomic mass is 9.98. The van der Waals surface area contributed by atoms with E-state index in [1.165, 1.54) is 17.3 Å². The molecule has 0 saturated carbocycles. The highest BCUT2D eigenvalue weighted by molar-refractivity contribution is 7.91. The van der Waals surface area contributed by atoms with Crippen LogP contribution in [0.1, 0.15) is 25.3 Å². The summed E-state index contributed by atoms with van der Waals surface area (Å²) in [6.07, 6.45) is -0.420. The Kier molecular flexibility index (Phi) is 6.89. The van der Waals surface area contributed by atoms with Crippen LogP contribution in [0.25, 0.3) is 0 Å². The van der Waals surface area contributed by atoms with Crippen molar-refractivity contribution in [3.05, 3.63) is 47.1 Å². The van der Waals surface area contributed by atoms with E-state index in [2.05, 4.69) is 5.32 Å². The Morgan fingerprint density at radius 1 is 1.27 bits per heavy atom. The molecule has 3 rings (SSSR count). The third kappa shape index (κ3) is 5.05. The van der Waals surface area contributed by atoms with E-state index in [4.69, 9.17) is 4.74 Å². The Labute approximate surface area is 178 Å². The number of ether oxygens (including phenoxy) is 1. The van der Waals surface area contributed by atoms with Crippen molar-refractivity contribution in [1.82, 2.24) is 4.31 Å². The van der Waals surface area contributed by atoms with Gasteiger partial charge in [0.2, 0.25) is 0 Å². The van der Waals surface area contributed by atoms with Crippen molar-refractivity contribution < 1.29 is 27.1 Å². The molecule has 1 amide bonds. The molecule has 2 aromatic rings. The Hall–Kier alpha value is -2.30. The second kappa shape index (κ2) is 9.23. The van der Waals surface area contributed by atoms with E-state index in [0.29, 0.717) is 18.4 Å². The van der Waals surface area contributed by atoms with Gasteiger partial charge in [0.1, 0.15) is 10.0 Å². The van der Waals surface area contributed by atoms with Crippen LogP contribution in [0, 0.1) is 18.7 Å². The van der Waals surface area contributed by atoms with Gasteiger partial charge in [-0.15, -0.1) is 11.3 Å². The maximum absolute atomic E-state index is 13.6. The fourth-order valence-electron chi connectivity index (χ4n) is 3.11. The number of amides is 1. The summed E-state index contributed by atoms with van der Waals surface area (Å²) in [6.45, 7) is 3.48. The van der Waals surface area contributed by atoms with E-state index in [-0.39, 0.29) is 23.0 Å². The summed E-state index contributed by atoms with van der Waals surface area (Å²) in [7, 11) is -3.54. The molecule has 1 aromatic carbocycles. The van der Waals surface area contributed by atoms with Crippen LogP contribution in [0.2, 0.25) is 0 Å². The third-order valence-electron chi connectivity index (χ3n) is 4.98. The normalized spacial score (nSPS) is 16.8. The van der Waals surface area contributed by atoms with Gasteiger partial charge in [-0.25, -0.2) is 12.8 Å². The fraction of sp³-hybridized carbons (Fsp3) is 0.400. The van der Waals surface area contributed by atoms with Crippen molar-refractivity contribution in [2.75, 3.05) is 18.4 Å². The van der Waals surface area contributed by atoms with Gasteiger partial charge in [0.05, 0.1) is 5.92 Å². The van der Waals surface area contributed by atoms with Gasteiger partial charge in [0, 0.05) is 18.8 Å². The highest BCUT2D eigenvalue weighted by Gasteiger charge is 2.34. The van der Waals surface area contributed by atoms with E-state index < -0.39 is 39.7 Å². The first-order valence-electron chi connectivity index (χ1n) is 9.49. The van der Waals surface area contributed by atoms with Gasteiger partial charge in [-0.05, 0) is 55.8 Å². The quantitative estimate of drug-likeness (QED) is 0.677. The monoisotopic (exact) mass is 454 g/mol. The molecule has 162 valence electrons. The molecule has 0 spiro atoms. The molecule has 1 saturated heterocycles. The number of carbonyl (C=O) groups is 2. The van der Waals surface area contributed by atoms with Gasteiger partial charge in [-0.2, -0.15) is 4.31 Å². The summed E-state index contributed by atoms with van der Waals surface area (Å²) in [5, 5.41) is 4.22. The van der Waals surface area contributed by atoms with Crippen molar-refractivity contribution in [2.45, 2.75) is 37.0 Å². The number of rotatable bonds is 6. The summed E-state index contributed by atoms with van der Waals surface area (Å²) in [4.78, 5) is 24.7. The van der Waals surface area contributed by atoms with Gasteiger partial charge in [0.15, 0.2) is 6.10 Å². The fourth-order valence-corrected chi connectivity index (χ4v) is 5.72. The zero-order valence-corrected chi connectivity index (χ0v) is 18.3. The van der Waals surface area contributed by atoms with Crippen LogP contribution in [0.3, 0.4) is 0 Å². The molecule has 1 fully saturated rings. The Morgan fingerprint density at radius 2 is 1.97 bits per heavy atom. The van der Waals surface area contributed by atoms with E-state index in [9.17, 15) is 22.4 Å². The molecule has 2 heterocycles. The van der Waals surface area contributed by atoms with Gasteiger partial charge in [-0.1, -0.05) is 12.1 Å². The number of aryl methyl sites for hydroxylation is 1.